The molecule has 0 amide bonds. The van der Waals surface area contributed by atoms with E-state index < -0.39 is 0 Å². The molecule has 3 aromatic heterocycles. The maximum absolute atomic E-state index is 4.94. The number of aromatic nitrogens is 3. The average Bonchev–Trinajstić information content (AvgIpc) is 3.27. The molecule has 0 aliphatic carbocycles. The van der Waals surface area contributed by atoms with Crippen LogP contribution >= 0.6 is 0 Å². The number of likely N-dealkylation sites (tertiary alicyclic amines) is 1. The number of anilines is 3. The van der Waals surface area contributed by atoms with Crippen molar-refractivity contribution < 1.29 is 0 Å². The van der Waals surface area contributed by atoms with Crippen molar-refractivity contribution in [1.29, 1.82) is 0 Å². The molecule has 1 N–H and O–H groups in total. The molecule has 1 fully saturated rings. The van der Waals surface area contributed by atoms with E-state index in [-0.39, 0.29) is 0 Å². The monoisotopic (exact) mass is 438 g/mol. The van der Waals surface area contributed by atoms with Gasteiger partial charge in [-0.1, -0.05) is 24.3 Å². The van der Waals surface area contributed by atoms with Crippen molar-refractivity contribution in [3.8, 4) is 0 Å². The fraction of sp³-hybridized carbons (Fsp3) is 0.296. The van der Waals surface area contributed by atoms with E-state index in [1.807, 2.05) is 37.4 Å². The molecular weight excluding hydrogens is 408 g/mol. The quantitative estimate of drug-likeness (QED) is 0.430. The molecule has 0 spiro atoms. The second-order valence-electron chi connectivity index (χ2n) is 8.95. The van der Waals surface area contributed by atoms with Crippen LogP contribution in [-0.4, -0.2) is 40.5 Å². The van der Waals surface area contributed by atoms with Crippen LogP contribution in [0.25, 0.3) is 10.9 Å². The summed E-state index contributed by atoms with van der Waals surface area (Å²) >= 11 is 0. The Bertz CT molecular complexity index is 1250. The van der Waals surface area contributed by atoms with Crippen LogP contribution in [0.2, 0.25) is 0 Å². The normalized spacial score (nSPS) is 16.3. The van der Waals surface area contributed by atoms with Gasteiger partial charge in [-0.15, -0.1) is 0 Å². The lowest BCUT2D eigenvalue weighted by Crippen LogP contribution is -2.25. The van der Waals surface area contributed by atoms with Crippen LogP contribution in [0.5, 0.6) is 0 Å². The summed E-state index contributed by atoms with van der Waals surface area (Å²) in [5.74, 6) is 1.88. The number of fused-ring (bicyclic) bond motifs is 1. The highest BCUT2D eigenvalue weighted by Gasteiger charge is 2.28. The minimum absolute atomic E-state index is 0.317. The van der Waals surface area contributed by atoms with Crippen LogP contribution in [0.1, 0.15) is 35.8 Å². The Kier molecular flexibility index (Phi) is 5.92. The Labute approximate surface area is 195 Å². The minimum Gasteiger partial charge on any atom is -0.362 e. The van der Waals surface area contributed by atoms with Gasteiger partial charge >= 0.3 is 0 Å². The van der Waals surface area contributed by atoms with Crippen molar-refractivity contribution in [2.45, 2.75) is 32.4 Å². The number of nitrogens with one attached hydrogen (secondary N) is 1. The van der Waals surface area contributed by atoms with Gasteiger partial charge in [-0.05, 0) is 62.7 Å². The summed E-state index contributed by atoms with van der Waals surface area (Å²) in [4.78, 5) is 18.9. The highest BCUT2D eigenvalue weighted by molar-refractivity contribution is 5.81. The molecule has 1 aliphatic rings. The standard InChI is InChI=1S/C27H30N6/c1-19-8-6-12-26(29-19)30-22-13-14-24(28-17-22)25-11-7-15-33(25)18-21-16-20-9-4-5-10-23(20)31-27(21)32(2)3/h4-6,8-10,12-14,16-17,25H,7,11,15,18H2,1-3H3,(H,29,30)/t25-/m0/s1. The molecule has 0 unspecified atom stereocenters. The number of pyridine rings is 3. The van der Waals surface area contributed by atoms with Crippen molar-refractivity contribution in [2.24, 2.45) is 0 Å². The summed E-state index contributed by atoms with van der Waals surface area (Å²) < 4.78 is 0. The molecule has 1 aliphatic heterocycles. The zero-order chi connectivity index (χ0) is 22.8. The summed E-state index contributed by atoms with van der Waals surface area (Å²) in [6.45, 7) is 3.93. The van der Waals surface area contributed by atoms with Crippen LogP contribution in [-0.2, 0) is 6.54 Å². The van der Waals surface area contributed by atoms with E-state index in [0.717, 1.165) is 53.7 Å². The second kappa shape index (κ2) is 9.16. The topological polar surface area (TPSA) is 57.2 Å². The molecule has 0 bridgehead atoms. The molecule has 0 saturated carbocycles. The Hall–Kier alpha value is -3.51. The van der Waals surface area contributed by atoms with Gasteiger partial charge in [0.1, 0.15) is 11.6 Å². The Morgan fingerprint density at radius 2 is 1.91 bits per heavy atom. The first kappa shape index (κ1) is 21.3. The summed E-state index contributed by atoms with van der Waals surface area (Å²) in [5.41, 5.74) is 5.36. The molecule has 5 rings (SSSR count). The Balaban J connectivity index is 1.36. The van der Waals surface area contributed by atoms with Gasteiger partial charge in [0, 0.05) is 37.3 Å². The predicted molar refractivity (Wildman–Crippen MR) is 135 cm³/mol. The number of para-hydroxylation sites is 1. The number of hydrogen-bond acceptors (Lipinski definition) is 6. The summed E-state index contributed by atoms with van der Waals surface area (Å²) in [7, 11) is 4.14. The summed E-state index contributed by atoms with van der Waals surface area (Å²) in [6.07, 6.45) is 4.22. The summed E-state index contributed by atoms with van der Waals surface area (Å²) in [6, 6.07) is 21.2. The first-order valence-corrected chi connectivity index (χ1v) is 11.5. The predicted octanol–water partition coefficient (Wildman–Crippen LogP) is 5.48. The van der Waals surface area contributed by atoms with Gasteiger partial charge in [-0.25, -0.2) is 9.97 Å². The third-order valence-electron chi connectivity index (χ3n) is 6.23. The van der Waals surface area contributed by atoms with Crippen LogP contribution in [0.3, 0.4) is 0 Å². The maximum Gasteiger partial charge on any atom is 0.133 e. The number of rotatable bonds is 6. The maximum atomic E-state index is 4.94. The van der Waals surface area contributed by atoms with E-state index in [2.05, 4.69) is 70.6 Å². The highest BCUT2D eigenvalue weighted by Crippen LogP contribution is 2.34. The summed E-state index contributed by atoms with van der Waals surface area (Å²) in [5, 5.41) is 4.54. The van der Waals surface area contributed by atoms with Gasteiger partial charge in [-0.3, -0.25) is 9.88 Å². The second-order valence-corrected chi connectivity index (χ2v) is 8.95. The minimum atomic E-state index is 0.317. The van der Waals surface area contributed by atoms with E-state index in [1.165, 1.54) is 17.4 Å². The smallest absolute Gasteiger partial charge is 0.133 e. The van der Waals surface area contributed by atoms with Gasteiger partial charge in [0.15, 0.2) is 0 Å². The van der Waals surface area contributed by atoms with Gasteiger partial charge in [0.25, 0.3) is 0 Å². The third-order valence-corrected chi connectivity index (χ3v) is 6.23. The lowest BCUT2D eigenvalue weighted by Gasteiger charge is -2.26. The van der Waals surface area contributed by atoms with Crippen molar-refractivity contribution in [1.82, 2.24) is 19.9 Å². The molecule has 1 atom stereocenters. The molecule has 0 radical (unpaired) electrons. The highest BCUT2D eigenvalue weighted by atomic mass is 15.2. The van der Waals surface area contributed by atoms with Gasteiger partial charge in [0.05, 0.1) is 29.1 Å². The SMILES string of the molecule is Cc1cccc(Nc2ccc([C@@H]3CCCN3Cc3cc4ccccc4nc3N(C)C)nc2)n1. The number of nitrogens with zero attached hydrogens (tertiary/aromatic N) is 5. The van der Waals surface area contributed by atoms with Gasteiger partial charge < -0.3 is 10.2 Å². The van der Waals surface area contributed by atoms with E-state index in [1.54, 1.807) is 0 Å². The van der Waals surface area contributed by atoms with Gasteiger partial charge in [0.2, 0.25) is 0 Å². The fourth-order valence-electron chi connectivity index (χ4n) is 4.66. The largest absolute Gasteiger partial charge is 0.362 e. The number of aryl methyl sites for hydroxylation is 1. The van der Waals surface area contributed by atoms with Crippen molar-refractivity contribution in [3.05, 3.63) is 83.8 Å². The first-order chi connectivity index (χ1) is 16.1. The van der Waals surface area contributed by atoms with Gasteiger partial charge in [-0.2, -0.15) is 0 Å². The molecule has 168 valence electrons. The van der Waals surface area contributed by atoms with Crippen LogP contribution < -0.4 is 10.2 Å². The van der Waals surface area contributed by atoms with E-state index in [0.29, 0.717) is 6.04 Å². The number of benzene rings is 1. The molecule has 4 aromatic rings. The Morgan fingerprint density at radius 3 is 2.70 bits per heavy atom. The molecule has 6 nitrogen and oxygen atoms in total. The fourth-order valence-corrected chi connectivity index (χ4v) is 4.66. The first-order valence-electron chi connectivity index (χ1n) is 11.5. The van der Waals surface area contributed by atoms with E-state index >= 15 is 0 Å². The van der Waals surface area contributed by atoms with Crippen molar-refractivity contribution in [2.75, 3.05) is 30.9 Å². The third kappa shape index (κ3) is 4.66. The van der Waals surface area contributed by atoms with Crippen molar-refractivity contribution >= 4 is 28.2 Å². The molecule has 1 saturated heterocycles. The van der Waals surface area contributed by atoms with E-state index in [9.17, 15) is 0 Å². The lowest BCUT2D eigenvalue weighted by atomic mass is 10.1. The van der Waals surface area contributed by atoms with Crippen LogP contribution in [0.4, 0.5) is 17.3 Å². The average molecular weight is 439 g/mol. The lowest BCUT2D eigenvalue weighted by molar-refractivity contribution is 0.244. The zero-order valence-corrected chi connectivity index (χ0v) is 19.5. The Morgan fingerprint density at radius 1 is 1.03 bits per heavy atom. The zero-order valence-electron chi connectivity index (χ0n) is 19.5. The van der Waals surface area contributed by atoms with Crippen LogP contribution in [0.15, 0.2) is 66.9 Å². The molecule has 33 heavy (non-hydrogen) atoms. The number of hydrogen-bond donors (Lipinski definition) is 1. The molecule has 4 heterocycles. The molecule has 6 heteroatoms. The van der Waals surface area contributed by atoms with Crippen molar-refractivity contribution in [3.63, 3.8) is 0 Å². The molecular formula is C27H30N6. The van der Waals surface area contributed by atoms with E-state index in [4.69, 9.17) is 9.97 Å². The molecule has 1 aromatic carbocycles. The van der Waals surface area contributed by atoms with Crippen LogP contribution in [0, 0.1) is 6.92 Å².